The summed E-state index contributed by atoms with van der Waals surface area (Å²) in [4.78, 5) is 0. The molecule has 2 nitrogen and oxygen atoms in total. The van der Waals surface area contributed by atoms with Crippen molar-refractivity contribution in [3.8, 4) is 5.69 Å². The Balaban J connectivity index is 1.54. The van der Waals surface area contributed by atoms with Gasteiger partial charge in [-0.3, -0.25) is 0 Å². The van der Waals surface area contributed by atoms with Crippen LogP contribution in [-0.2, 0) is 0 Å². The molecule has 0 aliphatic carbocycles. The van der Waals surface area contributed by atoms with Crippen LogP contribution in [0.2, 0.25) is 0 Å². The van der Waals surface area contributed by atoms with E-state index in [0.29, 0.717) is 0 Å². The van der Waals surface area contributed by atoms with Crippen LogP contribution in [0.5, 0.6) is 0 Å². The number of rotatable bonds is 4. The van der Waals surface area contributed by atoms with E-state index in [1.54, 1.807) is 0 Å². The Morgan fingerprint density at radius 2 is 1.11 bits per heavy atom. The highest BCUT2D eigenvalue weighted by Crippen LogP contribution is 2.32. The van der Waals surface area contributed by atoms with E-state index in [4.69, 9.17) is 0 Å². The van der Waals surface area contributed by atoms with Crippen molar-refractivity contribution in [2.45, 2.75) is 0 Å². The Morgan fingerprint density at radius 1 is 0.607 bits per heavy atom. The van der Waals surface area contributed by atoms with E-state index in [1.807, 2.05) is 6.08 Å². The van der Waals surface area contributed by atoms with Crippen molar-refractivity contribution in [2.75, 3.05) is 5.32 Å². The van der Waals surface area contributed by atoms with Gasteiger partial charge < -0.3 is 9.88 Å². The fraction of sp³-hybridized carbons (Fsp3) is 0. The molecule has 0 radical (unpaired) electrons. The van der Waals surface area contributed by atoms with Crippen LogP contribution in [0, 0.1) is 0 Å². The first-order valence-electron chi connectivity index (χ1n) is 9.42. The Morgan fingerprint density at radius 3 is 1.64 bits per heavy atom. The lowest BCUT2D eigenvalue weighted by molar-refractivity contribution is 1.18. The van der Waals surface area contributed by atoms with Crippen LogP contribution in [0.3, 0.4) is 0 Å². The third-order valence-electron chi connectivity index (χ3n) is 5.14. The number of para-hydroxylation sites is 2. The molecule has 0 bridgehead atoms. The van der Waals surface area contributed by atoms with Gasteiger partial charge in [-0.05, 0) is 54.1 Å². The summed E-state index contributed by atoms with van der Waals surface area (Å²) in [5.41, 5.74) is 6.86. The normalized spacial score (nSPS) is 11.0. The Labute approximate surface area is 164 Å². The van der Waals surface area contributed by atoms with Gasteiger partial charge in [0.25, 0.3) is 0 Å². The van der Waals surface area contributed by atoms with Crippen molar-refractivity contribution < 1.29 is 0 Å². The first kappa shape index (κ1) is 16.4. The predicted molar refractivity (Wildman–Crippen MR) is 121 cm³/mol. The van der Waals surface area contributed by atoms with Crippen LogP contribution in [0.25, 0.3) is 33.6 Å². The molecule has 0 saturated carbocycles. The Hall–Kier alpha value is -3.78. The van der Waals surface area contributed by atoms with E-state index < -0.39 is 0 Å². The third kappa shape index (κ3) is 2.76. The van der Waals surface area contributed by atoms with Gasteiger partial charge in [0.05, 0.1) is 11.0 Å². The molecule has 0 fully saturated rings. The molecular formula is C26H20N2. The van der Waals surface area contributed by atoms with Crippen LogP contribution < -0.4 is 5.32 Å². The van der Waals surface area contributed by atoms with Crippen molar-refractivity contribution in [2.24, 2.45) is 0 Å². The number of fused-ring (bicyclic) bond motifs is 3. The number of nitrogens with zero attached hydrogens (tertiary/aromatic N) is 1. The largest absolute Gasteiger partial charge is 0.356 e. The second kappa shape index (κ2) is 6.75. The van der Waals surface area contributed by atoms with E-state index in [-0.39, 0.29) is 0 Å². The zero-order chi connectivity index (χ0) is 18.9. The van der Waals surface area contributed by atoms with Crippen LogP contribution in [0.15, 0.2) is 104 Å². The van der Waals surface area contributed by atoms with Gasteiger partial charge >= 0.3 is 0 Å². The molecular weight excluding hydrogens is 340 g/mol. The van der Waals surface area contributed by atoms with Gasteiger partial charge in [0.1, 0.15) is 0 Å². The molecule has 0 amide bonds. The fourth-order valence-electron chi connectivity index (χ4n) is 3.76. The molecule has 5 aromatic rings. The standard InChI is InChI=1S/C26H20N2/c1-2-19-11-13-20(14-12-19)27-21-15-17-22(18-16-21)28-25-9-5-3-7-23(25)24-8-4-6-10-26(24)28/h2-18,27H,1H2. The third-order valence-corrected chi connectivity index (χ3v) is 5.14. The average Bonchev–Trinajstić information content (AvgIpc) is 3.09. The van der Waals surface area contributed by atoms with Crippen LogP contribution in [0.1, 0.15) is 5.56 Å². The number of benzene rings is 4. The van der Waals surface area contributed by atoms with Gasteiger partial charge in [-0.25, -0.2) is 0 Å². The molecule has 28 heavy (non-hydrogen) atoms. The second-order valence-corrected chi connectivity index (χ2v) is 6.87. The van der Waals surface area contributed by atoms with Gasteiger partial charge in [-0.15, -0.1) is 0 Å². The molecule has 0 atom stereocenters. The van der Waals surface area contributed by atoms with E-state index in [1.165, 1.54) is 21.8 Å². The highest BCUT2D eigenvalue weighted by atomic mass is 15.0. The van der Waals surface area contributed by atoms with Gasteiger partial charge in [-0.2, -0.15) is 0 Å². The predicted octanol–water partition coefficient (Wildman–Crippen LogP) is 7.17. The van der Waals surface area contributed by atoms with Gasteiger partial charge in [0, 0.05) is 27.8 Å². The van der Waals surface area contributed by atoms with Gasteiger partial charge in [0.2, 0.25) is 0 Å². The smallest absolute Gasteiger partial charge is 0.0541 e. The van der Waals surface area contributed by atoms with Gasteiger partial charge in [0.15, 0.2) is 0 Å². The van der Waals surface area contributed by atoms with E-state index in [2.05, 4.69) is 114 Å². The number of nitrogens with one attached hydrogen (secondary N) is 1. The number of hydrogen-bond donors (Lipinski definition) is 1. The molecule has 0 aliphatic heterocycles. The topological polar surface area (TPSA) is 17.0 Å². The molecule has 0 spiro atoms. The highest BCUT2D eigenvalue weighted by Gasteiger charge is 2.11. The molecule has 4 aromatic carbocycles. The molecule has 0 unspecified atom stereocenters. The number of aromatic nitrogens is 1. The molecule has 1 heterocycles. The number of hydrogen-bond acceptors (Lipinski definition) is 1. The van der Waals surface area contributed by atoms with Crippen LogP contribution in [-0.4, -0.2) is 4.57 Å². The molecule has 5 rings (SSSR count). The van der Waals surface area contributed by atoms with Crippen molar-refractivity contribution >= 4 is 39.3 Å². The van der Waals surface area contributed by atoms with Crippen LogP contribution >= 0.6 is 0 Å². The lowest BCUT2D eigenvalue weighted by Crippen LogP contribution is -1.95. The molecule has 0 saturated heterocycles. The Kier molecular flexibility index (Phi) is 3.95. The fourth-order valence-corrected chi connectivity index (χ4v) is 3.76. The SMILES string of the molecule is C=Cc1ccc(Nc2ccc(-n3c4ccccc4c4ccccc43)cc2)cc1. The highest BCUT2D eigenvalue weighted by molar-refractivity contribution is 6.09. The zero-order valence-electron chi connectivity index (χ0n) is 15.5. The van der Waals surface area contributed by atoms with Crippen LogP contribution in [0.4, 0.5) is 11.4 Å². The minimum Gasteiger partial charge on any atom is -0.356 e. The Bertz CT molecular complexity index is 1220. The van der Waals surface area contributed by atoms with Crippen molar-refractivity contribution in [1.29, 1.82) is 0 Å². The van der Waals surface area contributed by atoms with Crippen molar-refractivity contribution in [1.82, 2.24) is 4.57 Å². The summed E-state index contributed by atoms with van der Waals surface area (Å²) in [7, 11) is 0. The monoisotopic (exact) mass is 360 g/mol. The lowest BCUT2D eigenvalue weighted by Gasteiger charge is -2.11. The maximum atomic E-state index is 3.80. The molecule has 2 heteroatoms. The summed E-state index contributed by atoms with van der Waals surface area (Å²) in [6.07, 6.45) is 1.85. The lowest BCUT2D eigenvalue weighted by atomic mass is 10.2. The maximum Gasteiger partial charge on any atom is 0.0541 e. The zero-order valence-corrected chi connectivity index (χ0v) is 15.5. The molecule has 1 aromatic heterocycles. The quantitative estimate of drug-likeness (QED) is 0.359. The first-order chi connectivity index (χ1) is 13.8. The summed E-state index contributed by atoms with van der Waals surface area (Å²) < 4.78 is 2.33. The summed E-state index contributed by atoms with van der Waals surface area (Å²) >= 11 is 0. The summed E-state index contributed by atoms with van der Waals surface area (Å²) in [5.74, 6) is 0. The molecule has 0 aliphatic rings. The number of anilines is 2. The minimum absolute atomic E-state index is 1.07. The molecule has 1 N–H and O–H groups in total. The molecule has 134 valence electrons. The average molecular weight is 360 g/mol. The summed E-state index contributed by atoms with van der Waals surface area (Å²) in [6.45, 7) is 3.80. The van der Waals surface area contributed by atoms with Crippen molar-refractivity contribution in [3.63, 3.8) is 0 Å². The van der Waals surface area contributed by atoms with Crippen molar-refractivity contribution in [3.05, 3.63) is 109 Å². The van der Waals surface area contributed by atoms with Gasteiger partial charge in [-0.1, -0.05) is 61.2 Å². The van der Waals surface area contributed by atoms with E-state index in [9.17, 15) is 0 Å². The van der Waals surface area contributed by atoms with E-state index in [0.717, 1.165) is 22.6 Å². The summed E-state index contributed by atoms with van der Waals surface area (Å²) in [6, 6.07) is 34.0. The van der Waals surface area contributed by atoms with E-state index >= 15 is 0 Å². The second-order valence-electron chi connectivity index (χ2n) is 6.87. The maximum absolute atomic E-state index is 3.80. The summed E-state index contributed by atoms with van der Waals surface area (Å²) in [5, 5.41) is 6.02. The minimum atomic E-state index is 1.07. The first-order valence-corrected chi connectivity index (χ1v) is 9.42.